The summed E-state index contributed by atoms with van der Waals surface area (Å²) in [5.74, 6) is -3.22. The van der Waals surface area contributed by atoms with Crippen LogP contribution >= 0.6 is 0 Å². The normalized spacial score (nSPS) is 20.5. The predicted octanol–water partition coefficient (Wildman–Crippen LogP) is 3.07. The third-order valence-electron chi connectivity index (χ3n) is 6.78. The number of aromatic carboxylic acids is 1. The van der Waals surface area contributed by atoms with E-state index in [-0.39, 0.29) is 34.5 Å². The van der Waals surface area contributed by atoms with Crippen molar-refractivity contribution in [3.63, 3.8) is 0 Å². The highest BCUT2D eigenvalue weighted by atomic mass is 19.1. The fourth-order valence-electron chi connectivity index (χ4n) is 4.93. The Bertz CT molecular complexity index is 1320. The van der Waals surface area contributed by atoms with E-state index in [1.165, 1.54) is 10.8 Å². The number of carboxylic acids is 1. The molecule has 7 nitrogen and oxygen atoms in total. The van der Waals surface area contributed by atoms with Gasteiger partial charge in [-0.25, -0.2) is 13.6 Å². The lowest BCUT2D eigenvalue weighted by Gasteiger charge is -2.22. The van der Waals surface area contributed by atoms with Crippen LogP contribution in [0.3, 0.4) is 0 Å². The molecule has 2 aliphatic rings. The third kappa shape index (κ3) is 3.52. The van der Waals surface area contributed by atoms with Crippen LogP contribution in [0.1, 0.15) is 40.7 Å². The lowest BCUT2D eigenvalue weighted by Crippen LogP contribution is -2.26. The fourth-order valence-corrected chi connectivity index (χ4v) is 4.93. The first kappa shape index (κ1) is 21.4. The molecule has 3 aromatic rings. The van der Waals surface area contributed by atoms with E-state index in [1.54, 1.807) is 17.0 Å². The topological polar surface area (TPSA) is 115 Å². The zero-order valence-corrected chi connectivity index (χ0v) is 17.8. The molecule has 172 valence electrons. The van der Waals surface area contributed by atoms with Gasteiger partial charge in [0.2, 0.25) is 5.43 Å². The summed E-state index contributed by atoms with van der Waals surface area (Å²) in [5.41, 5.74) is 11.8. The Morgan fingerprint density at radius 1 is 1.15 bits per heavy atom. The molecular formula is C24H24F2N4O3. The number of hydrogen-bond donors (Lipinski definition) is 3. The van der Waals surface area contributed by atoms with Gasteiger partial charge in [0.1, 0.15) is 17.1 Å². The molecule has 1 aliphatic heterocycles. The third-order valence-corrected chi connectivity index (χ3v) is 6.78. The Kier molecular flexibility index (Phi) is 5.08. The first-order valence-electron chi connectivity index (χ1n) is 10.9. The van der Waals surface area contributed by atoms with Crippen LogP contribution in [0.4, 0.5) is 20.2 Å². The Labute approximate surface area is 188 Å². The van der Waals surface area contributed by atoms with Gasteiger partial charge >= 0.3 is 5.97 Å². The maximum Gasteiger partial charge on any atom is 0.341 e. The van der Waals surface area contributed by atoms with Gasteiger partial charge in [0.05, 0.1) is 10.9 Å². The summed E-state index contributed by atoms with van der Waals surface area (Å²) in [5, 5.41) is 9.14. The van der Waals surface area contributed by atoms with Gasteiger partial charge in [-0.2, -0.15) is 0 Å². The number of halogens is 2. The number of nitrogens with two attached hydrogens (primary N) is 2. The summed E-state index contributed by atoms with van der Waals surface area (Å²) in [4.78, 5) is 25.9. The van der Waals surface area contributed by atoms with Gasteiger partial charge in [-0.3, -0.25) is 4.79 Å². The number of anilines is 2. The van der Waals surface area contributed by atoms with E-state index in [2.05, 4.69) is 0 Å². The minimum atomic E-state index is -1.42. The van der Waals surface area contributed by atoms with Crippen LogP contribution in [-0.4, -0.2) is 35.3 Å². The van der Waals surface area contributed by atoms with Crippen molar-refractivity contribution in [2.24, 2.45) is 11.7 Å². The molecule has 2 aromatic carbocycles. The number of pyridine rings is 1. The molecule has 0 spiro atoms. The fraction of sp³-hybridized carbons (Fsp3) is 0.333. The number of benzene rings is 2. The van der Waals surface area contributed by atoms with Crippen LogP contribution in [0.25, 0.3) is 10.9 Å². The van der Waals surface area contributed by atoms with Gasteiger partial charge in [0.15, 0.2) is 5.82 Å². The van der Waals surface area contributed by atoms with E-state index in [9.17, 15) is 14.7 Å². The zero-order valence-electron chi connectivity index (χ0n) is 17.8. The predicted molar refractivity (Wildman–Crippen MR) is 122 cm³/mol. The molecule has 1 saturated heterocycles. The minimum absolute atomic E-state index is 0.0249. The molecule has 5 N–H and O–H groups in total. The van der Waals surface area contributed by atoms with Gasteiger partial charge in [-0.15, -0.1) is 0 Å². The minimum Gasteiger partial charge on any atom is -0.477 e. The second-order valence-electron chi connectivity index (χ2n) is 8.91. The van der Waals surface area contributed by atoms with Gasteiger partial charge in [0.25, 0.3) is 0 Å². The van der Waals surface area contributed by atoms with E-state index >= 15 is 8.78 Å². The summed E-state index contributed by atoms with van der Waals surface area (Å²) in [6.45, 7) is 1.05. The molecule has 5 rings (SSSR count). The maximum atomic E-state index is 15.9. The number of nitrogens with zero attached hydrogens (tertiary/aromatic N) is 2. The van der Waals surface area contributed by atoms with E-state index < -0.39 is 28.6 Å². The zero-order chi connectivity index (χ0) is 23.4. The largest absolute Gasteiger partial charge is 0.477 e. The van der Waals surface area contributed by atoms with Crippen LogP contribution in [0.2, 0.25) is 0 Å². The number of fused-ring (bicyclic) bond motifs is 1. The van der Waals surface area contributed by atoms with Crippen LogP contribution in [0.5, 0.6) is 0 Å². The van der Waals surface area contributed by atoms with Crippen LogP contribution in [0, 0.1) is 17.6 Å². The molecule has 0 amide bonds. The number of carbonyl (C=O) groups is 1. The molecule has 1 aliphatic carbocycles. The molecule has 0 bridgehead atoms. The molecule has 1 aromatic heterocycles. The average Bonchev–Trinajstić information content (AvgIpc) is 3.54. The molecule has 2 fully saturated rings. The highest BCUT2D eigenvalue weighted by molar-refractivity contribution is 5.94. The maximum absolute atomic E-state index is 15.9. The average molecular weight is 454 g/mol. The van der Waals surface area contributed by atoms with Crippen LogP contribution in [0.15, 0.2) is 41.3 Å². The molecule has 2 atom stereocenters. The van der Waals surface area contributed by atoms with E-state index in [0.717, 1.165) is 24.5 Å². The summed E-state index contributed by atoms with van der Waals surface area (Å²) >= 11 is 0. The molecule has 2 heterocycles. The van der Waals surface area contributed by atoms with Gasteiger partial charge in [-0.05, 0) is 49.1 Å². The second kappa shape index (κ2) is 7.84. The van der Waals surface area contributed by atoms with Gasteiger partial charge < -0.3 is 26.0 Å². The molecule has 1 saturated carbocycles. The van der Waals surface area contributed by atoms with Crippen LogP contribution < -0.4 is 21.8 Å². The molecular weight excluding hydrogens is 430 g/mol. The molecule has 33 heavy (non-hydrogen) atoms. The highest BCUT2D eigenvalue weighted by Crippen LogP contribution is 2.42. The van der Waals surface area contributed by atoms with Gasteiger partial charge in [0, 0.05) is 36.9 Å². The van der Waals surface area contributed by atoms with Crippen molar-refractivity contribution < 1.29 is 18.7 Å². The van der Waals surface area contributed by atoms with Crippen molar-refractivity contribution in [3.8, 4) is 0 Å². The number of rotatable bonds is 5. The Hall–Kier alpha value is -3.46. The number of nitrogen functional groups attached to an aromatic ring is 1. The first-order chi connectivity index (χ1) is 15.8. The lowest BCUT2D eigenvalue weighted by molar-refractivity contribution is 0.0694. The van der Waals surface area contributed by atoms with E-state index in [0.29, 0.717) is 25.3 Å². The Morgan fingerprint density at radius 3 is 2.45 bits per heavy atom. The SMILES string of the molecule is NC[C@@H]1CN(c2c(F)cc3c(=O)c(C(=O)O)cn(C4CC4)c3c2F)C[C@H]1c1ccc(N)cc1. The quantitative estimate of drug-likeness (QED) is 0.511. The first-order valence-corrected chi connectivity index (χ1v) is 10.9. The van der Waals surface area contributed by atoms with Crippen molar-refractivity contribution in [2.75, 3.05) is 30.3 Å². The summed E-state index contributed by atoms with van der Waals surface area (Å²) < 4.78 is 32.7. The Morgan fingerprint density at radius 2 is 1.85 bits per heavy atom. The molecule has 0 unspecified atom stereocenters. The number of hydrogen-bond acceptors (Lipinski definition) is 5. The monoisotopic (exact) mass is 454 g/mol. The van der Waals surface area contributed by atoms with Crippen molar-refractivity contribution in [2.45, 2.75) is 24.8 Å². The summed E-state index contributed by atoms with van der Waals surface area (Å²) in [6.07, 6.45) is 2.65. The van der Waals surface area contributed by atoms with Crippen molar-refractivity contribution in [3.05, 3.63) is 69.5 Å². The van der Waals surface area contributed by atoms with Crippen molar-refractivity contribution in [1.82, 2.24) is 4.57 Å². The summed E-state index contributed by atoms with van der Waals surface area (Å²) in [6, 6.07) is 8.23. The van der Waals surface area contributed by atoms with Gasteiger partial charge in [-0.1, -0.05) is 12.1 Å². The van der Waals surface area contributed by atoms with E-state index in [4.69, 9.17) is 11.5 Å². The lowest BCUT2D eigenvalue weighted by atomic mass is 9.89. The molecule has 9 heteroatoms. The summed E-state index contributed by atoms with van der Waals surface area (Å²) in [7, 11) is 0. The Balaban J connectivity index is 1.64. The van der Waals surface area contributed by atoms with Crippen molar-refractivity contribution >= 4 is 28.2 Å². The van der Waals surface area contributed by atoms with E-state index in [1.807, 2.05) is 12.1 Å². The number of carboxylic acid groups (broad SMARTS) is 1. The number of aromatic nitrogens is 1. The van der Waals surface area contributed by atoms with Crippen molar-refractivity contribution in [1.29, 1.82) is 0 Å². The molecule has 0 radical (unpaired) electrons. The standard InChI is InChI=1S/C24H24F2N4O3/c25-19-7-16-21(30(15-5-6-15)11-18(23(16)31)24(32)33)20(26)22(19)29-9-13(8-27)17(10-29)12-1-3-14(28)4-2-12/h1-4,7,11,13,15,17H,5-6,8-10,27-28H2,(H,32,33)/t13-,17+/m1/s1. The highest BCUT2D eigenvalue weighted by Gasteiger charge is 2.37. The second-order valence-corrected chi connectivity index (χ2v) is 8.91. The van der Waals surface area contributed by atoms with Crippen LogP contribution in [-0.2, 0) is 0 Å². The smallest absolute Gasteiger partial charge is 0.341 e.